The standard InChI is InChI=1S/C10H11ClFN/c1-6-7-2-3-9(12)10(11)8(7)4-5-13-6/h2-3,6,13H,4-5H2,1H3. The average molecular weight is 200 g/mol. The van der Waals surface area contributed by atoms with Crippen LogP contribution in [-0.2, 0) is 6.42 Å². The van der Waals surface area contributed by atoms with E-state index in [1.54, 1.807) is 0 Å². The minimum Gasteiger partial charge on any atom is -0.310 e. The maximum Gasteiger partial charge on any atom is 0.142 e. The van der Waals surface area contributed by atoms with Gasteiger partial charge in [-0.25, -0.2) is 4.39 Å². The second-order valence-electron chi connectivity index (χ2n) is 3.35. The molecule has 1 N–H and O–H groups in total. The number of hydrogen-bond acceptors (Lipinski definition) is 1. The number of nitrogens with one attached hydrogen (secondary N) is 1. The molecule has 0 aromatic heterocycles. The van der Waals surface area contributed by atoms with Gasteiger partial charge < -0.3 is 5.32 Å². The van der Waals surface area contributed by atoms with Gasteiger partial charge in [0.1, 0.15) is 5.82 Å². The zero-order chi connectivity index (χ0) is 9.42. The molecule has 0 fully saturated rings. The number of halogens is 2. The summed E-state index contributed by atoms with van der Waals surface area (Å²) in [5.41, 5.74) is 2.09. The first-order valence-electron chi connectivity index (χ1n) is 4.40. The average Bonchev–Trinajstić information content (AvgIpc) is 2.12. The summed E-state index contributed by atoms with van der Waals surface area (Å²) in [6, 6.07) is 3.53. The number of rotatable bonds is 0. The molecule has 1 atom stereocenters. The van der Waals surface area contributed by atoms with Gasteiger partial charge in [-0.3, -0.25) is 0 Å². The molecular formula is C10H11ClFN. The minimum absolute atomic E-state index is 0.279. The van der Waals surface area contributed by atoms with Crippen LogP contribution >= 0.6 is 11.6 Å². The molecule has 1 aromatic carbocycles. The molecule has 70 valence electrons. The summed E-state index contributed by atoms with van der Waals surface area (Å²) in [4.78, 5) is 0. The highest BCUT2D eigenvalue weighted by atomic mass is 35.5. The molecule has 1 heterocycles. The third-order valence-corrected chi connectivity index (χ3v) is 2.93. The molecule has 1 aromatic rings. The minimum atomic E-state index is -0.311. The molecule has 1 nitrogen and oxygen atoms in total. The summed E-state index contributed by atoms with van der Waals surface area (Å²) in [5, 5.41) is 3.60. The van der Waals surface area contributed by atoms with Crippen molar-refractivity contribution in [3.8, 4) is 0 Å². The molecule has 0 spiro atoms. The van der Waals surface area contributed by atoms with Crippen molar-refractivity contribution in [2.75, 3.05) is 6.54 Å². The summed E-state index contributed by atoms with van der Waals surface area (Å²) in [6.07, 6.45) is 0.816. The van der Waals surface area contributed by atoms with Crippen LogP contribution in [-0.4, -0.2) is 6.54 Å². The molecule has 0 bridgehead atoms. The van der Waals surface area contributed by atoms with Crippen molar-refractivity contribution in [1.29, 1.82) is 0 Å². The zero-order valence-corrected chi connectivity index (χ0v) is 8.16. The second-order valence-corrected chi connectivity index (χ2v) is 3.73. The molecule has 0 saturated carbocycles. The second kappa shape index (κ2) is 3.28. The van der Waals surface area contributed by atoms with E-state index in [0.717, 1.165) is 24.1 Å². The van der Waals surface area contributed by atoms with E-state index in [-0.39, 0.29) is 11.9 Å². The van der Waals surface area contributed by atoms with Gasteiger partial charge in [-0.1, -0.05) is 17.7 Å². The third-order valence-electron chi connectivity index (χ3n) is 2.52. The Labute approximate surface area is 81.9 Å². The van der Waals surface area contributed by atoms with Crippen LogP contribution in [0.15, 0.2) is 12.1 Å². The first-order valence-corrected chi connectivity index (χ1v) is 4.78. The maximum absolute atomic E-state index is 13.1. The fraction of sp³-hybridized carbons (Fsp3) is 0.400. The van der Waals surface area contributed by atoms with Crippen LogP contribution in [0.4, 0.5) is 4.39 Å². The van der Waals surface area contributed by atoms with E-state index >= 15 is 0 Å². The van der Waals surface area contributed by atoms with Crippen molar-refractivity contribution in [1.82, 2.24) is 5.32 Å². The van der Waals surface area contributed by atoms with E-state index < -0.39 is 0 Å². The van der Waals surface area contributed by atoms with Crippen LogP contribution in [0.1, 0.15) is 24.1 Å². The zero-order valence-electron chi connectivity index (χ0n) is 7.40. The third kappa shape index (κ3) is 1.45. The lowest BCUT2D eigenvalue weighted by molar-refractivity contribution is 0.535. The Balaban J connectivity index is 2.56. The van der Waals surface area contributed by atoms with Crippen molar-refractivity contribution < 1.29 is 4.39 Å². The van der Waals surface area contributed by atoms with Crippen LogP contribution in [0, 0.1) is 5.82 Å². The molecule has 1 aliphatic heterocycles. The predicted molar refractivity (Wildman–Crippen MR) is 51.5 cm³/mol. The summed E-state index contributed by atoms with van der Waals surface area (Å²) in [6.45, 7) is 2.93. The van der Waals surface area contributed by atoms with Crippen molar-refractivity contribution in [2.24, 2.45) is 0 Å². The van der Waals surface area contributed by atoms with Crippen molar-refractivity contribution in [3.05, 3.63) is 34.1 Å². The quantitative estimate of drug-likeness (QED) is 0.678. The molecule has 3 heteroatoms. The van der Waals surface area contributed by atoms with Gasteiger partial charge in [0.05, 0.1) is 5.02 Å². The number of hydrogen-bond donors (Lipinski definition) is 1. The maximum atomic E-state index is 13.1. The Morgan fingerprint density at radius 2 is 2.31 bits per heavy atom. The van der Waals surface area contributed by atoms with E-state index in [9.17, 15) is 4.39 Å². The van der Waals surface area contributed by atoms with Gasteiger partial charge >= 0.3 is 0 Å². The molecule has 1 aliphatic rings. The molecule has 0 amide bonds. The first-order chi connectivity index (χ1) is 6.20. The number of benzene rings is 1. The van der Waals surface area contributed by atoms with Gasteiger partial charge in [-0.15, -0.1) is 0 Å². The molecule has 0 radical (unpaired) electrons. The van der Waals surface area contributed by atoms with Crippen molar-refractivity contribution in [2.45, 2.75) is 19.4 Å². The first kappa shape index (κ1) is 8.97. The summed E-state index contributed by atoms with van der Waals surface area (Å²) in [7, 11) is 0. The van der Waals surface area contributed by atoms with Gasteiger partial charge in [0.15, 0.2) is 0 Å². The van der Waals surface area contributed by atoms with E-state index in [1.165, 1.54) is 6.07 Å². The SMILES string of the molecule is CC1NCCc2c1ccc(F)c2Cl. The van der Waals surface area contributed by atoms with E-state index in [4.69, 9.17) is 11.6 Å². The summed E-state index contributed by atoms with van der Waals surface area (Å²) < 4.78 is 13.1. The monoisotopic (exact) mass is 199 g/mol. The van der Waals surface area contributed by atoms with Crippen LogP contribution in [0.2, 0.25) is 5.02 Å². The highest BCUT2D eigenvalue weighted by molar-refractivity contribution is 6.31. The van der Waals surface area contributed by atoms with E-state index in [0.29, 0.717) is 5.02 Å². The largest absolute Gasteiger partial charge is 0.310 e. The molecule has 13 heavy (non-hydrogen) atoms. The number of fused-ring (bicyclic) bond motifs is 1. The van der Waals surface area contributed by atoms with Gasteiger partial charge in [0, 0.05) is 6.04 Å². The molecule has 0 saturated heterocycles. The Morgan fingerprint density at radius 3 is 3.08 bits per heavy atom. The van der Waals surface area contributed by atoms with Crippen LogP contribution in [0.5, 0.6) is 0 Å². The molecule has 2 rings (SSSR count). The smallest absolute Gasteiger partial charge is 0.142 e. The highest BCUT2D eigenvalue weighted by Crippen LogP contribution is 2.30. The molecule has 1 unspecified atom stereocenters. The Bertz CT molecular complexity index is 338. The molecule has 0 aliphatic carbocycles. The van der Waals surface area contributed by atoms with Crippen LogP contribution in [0.3, 0.4) is 0 Å². The lowest BCUT2D eigenvalue weighted by Crippen LogP contribution is -2.28. The van der Waals surface area contributed by atoms with Gasteiger partial charge in [-0.2, -0.15) is 0 Å². The molecular weight excluding hydrogens is 189 g/mol. The van der Waals surface area contributed by atoms with Gasteiger partial charge in [0.25, 0.3) is 0 Å². The fourth-order valence-corrected chi connectivity index (χ4v) is 2.06. The van der Waals surface area contributed by atoms with Crippen LogP contribution in [0.25, 0.3) is 0 Å². The topological polar surface area (TPSA) is 12.0 Å². The Morgan fingerprint density at radius 1 is 1.54 bits per heavy atom. The Hall–Kier alpha value is -0.600. The van der Waals surface area contributed by atoms with Crippen molar-refractivity contribution in [3.63, 3.8) is 0 Å². The normalized spacial score (nSPS) is 21.3. The predicted octanol–water partition coefficient (Wildman–Crippen LogP) is 2.69. The lowest BCUT2D eigenvalue weighted by atomic mass is 9.95. The van der Waals surface area contributed by atoms with E-state index in [1.807, 2.05) is 6.07 Å². The van der Waals surface area contributed by atoms with Crippen LogP contribution < -0.4 is 5.32 Å². The summed E-state index contributed by atoms with van der Waals surface area (Å²) >= 11 is 5.87. The van der Waals surface area contributed by atoms with Gasteiger partial charge in [-0.05, 0) is 37.1 Å². The van der Waals surface area contributed by atoms with Crippen molar-refractivity contribution >= 4 is 11.6 Å². The fourth-order valence-electron chi connectivity index (χ4n) is 1.79. The lowest BCUT2D eigenvalue weighted by Gasteiger charge is -2.24. The van der Waals surface area contributed by atoms with E-state index in [2.05, 4.69) is 12.2 Å². The summed E-state index contributed by atoms with van der Waals surface area (Å²) in [5.74, 6) is -0.311. The Kier molecular flexibility index (Phi) is 2.26. The highest BCUT2D eigenvalue weighted by Gasteiger charge is 2.19. The van der Waals surface area contributed by atoms with Gasteiger partial charge in [0.2, 0.25) is 0 Å².